The Morgan fingerprint density at radius 2 is 1.85 bits per heavy atom. The Kier molecular flexibility index (Phi) is 9.67. The van der Waals surface area contributed by atoms with E-state index in [1.54, 1.807) is 0 Å². The van der Waals surface area contributed by atoms with Crippen molar-refractivity contribution in [1.82, 2.24) is 20.9 Å². The molecule has 0 unspecified atom stereocenters. The van der Waals surface area contributed by atoms with Gasteiger partial charge in [-0.3, -0.25) is 19.2 Å². The van der Waals surface area contributed by atoms with E-state index in [0.717, 1.165) is 12.0 Å². The number of fused-ring (bicyclic) bond motifs is 1. The molecule has 1 aliphatic rings. The number of halogens is 2. The Balaban J connectivity index is 0.000000945. The summed E-state index contributed by atoms with van der Waals surface area (Å²) in [5.41, 5.74) is -0.123. The molecule has 3 rings (SSSR count). The number of hydrogen-bond acceptors (Lipinski definition) is 5. The molecule has 1 aromatic heterocycles. The molecular weight excluding hydrogens is 450 g/mol. The smallest absolute Gasteiger partial charge is 0.268 e. The molecule has 0 radical (unpaired) electrons. The molecule has 0 bridgehead atoms. The van der Waals surface area contributed by atoms with Gasteiger partial charge in [0, 0.05) is 23.9 Å². The number of ketones is 1. The zero-order valence-corrected chi connectivity index (χ0v) is 19.3. The predicted molar refractivity (Wildman–Crippen MR) is 121 cm³/mol. The molecule has 1 saturated heterocycles. The van der Waals surface area contributed by atoms with Gasteiger partial charge in [-0.05, 0) is 30.9 Å². The van der Waals surface area contributed by atoms with Crippen LogP contribution in [0.25, 0.3) is 10.9 Å². The molecule has 0 saturated carbocycles. The second kappa shape index (κ2) is 12.2. The average Bonchev–Trinajstić information content (AvgIpc) is 3.37. The molecule has 2 heterocycles. The number of nitrogens with one attached hydrogen (secondary N) is 4. The van der Waals surface area contributed by atoms with Gasteiger partial charge in [-0.25, -0.2) is 8.78 Å². The van der Waals surface area contributed by atoms with Crippen LogP contribution in [0.3, 0.4) is 0 Å². The number of carbonyl (C=O) groups excluding carboxylic acids is 4. The van der Waals surface area contributed by atoms with Crippen LogP contribution < -0.4 is 16.0 Å². The van der Waals surface area contributed by atoms with Crippen LogP contribution in [-0.2, 0) is 14.4 Å². The first kappa shape index (κ1) is 26.9. The molecule has 3 amide bonds. The Labute approximate surface area is 195 Å². The highest BCUT2D eigenvalue weighted by Gasteiger charge is 2.31. The van der Waals surface area contributed by atoms with Crippen molar-refractivity contribution in [1.29, 1.82) is 0 Å². The third kappa shape index (κ3) is 7.62. The number of aromatic amines is 1. The van der Waals surface area contributed by atoms with Crippen LogP contribution >= 0.6 is 0 Å². The van der Waals surface area contributed by atoms with E-state index < -0.39 is 54.3 Å². The van der Waals surface area contributed by atoms with Gasteiger partial charge < -0.3 is 26.0 Å². The van der Waals surface area contributed by atoms with Gasteiger partial charge in [-0.2, -0.15) is 0 Å². The monoisotopic (exact) mass is 480 g/mol. The lowest BCUT2D eigenvalue weighted by Crippen LogP contribution is -2.47. The molecule has 1 fully saturated rings. The van der Waals surface area contributed by atoms with Gasteiger partial charge >= 0.3 is 0 Å². The number of rotatable bonds is 8. The summed E-state index contributed by atoms with van der Waals surface area (Å²) >= 11 is 0. The zero-order valence-electron chi connectivity index (χ0n) is 19.3. The quantitative estimate of drug-likeness (QED) is 0.389. The van der Waals surface area contributed by atoms with Crippen molar-refractivity contribution in [3.8, 4) is 0 Å². The van der Waals surface area contributed by atoms with Crippen LogP contribution in [0.15, 0.2) is 18.2 Å². The molecule has 1 aliphatic heterocycles. The molecule has 9 nitrogen and oxygen atoms in total. The SMILES string of the molecule is CC(C)C.O=C(CNC(=O)c1cc2cc(F)cc(F)c2[nH]1)N[C@@H](C[C@@H]1CCNC1=O)C(=O)CO. The van der Waals surface area contributed by atoms with Gasteiger partial charge in [0.1, 0.15) is 23.9 Å². The highest BCUT2D eigenvalue weighted by Crippen LogP contribution is 2.20. The second-order valence-electron chi connectivity index (χ2n) is 8.71. The minimum absolute atomic E-state index is 0.0395. The standard InChI is InChI=1S/C19H20F2N4O5.C4H10/c20-11-3-10-5-14(25-17(10)12(21)6-11)19(30)23-7-16(28)24-13(15(27)8-26)4-9-1-2-22-18(9)29;1-4(2)3/h3,5-6,9,13,25-26H,1-2,4,7-8H2,(H,22,29)(H,23,30)(H,24,28);4H,1-3H3/t9-,13-;/m0./s1. The fraction of sp³-hybridized carbons (Fsp3) is 0.478. The summed E-state index contributed by atoms with van der Waals surface area (Å²) in [6.07, 6.45) is 0.552. The highest BCUT2D eigenvalue weighted by atomic mass is 19.1. The molecule has 0 spiro atoms. The topological polar surface area (TPSA) is 140 Å². The van der Waals surface area contributed by atoms with Crippen molar-refractivity contribution in [3.63, 3.8) is 0 Å². The van der Waals surface area contributed by atoms with Crippen molar-refractivity contribution >= 4 is 34.4 Å². The van der Waals surface area contributed by atoms with E-state index in [-0.39, 0.29) is 28.9 Å². The van der Waals surface area contributed by atoms with Crippen molar-refractivity contribution in [3.05, 3.63) is 35.5 Å². The second-order valence-corrected chi connectivity index (χ2v) is 8.71. The Morgan fingerprint density at radius 3 is 2.44 bits per heavy atom. The number of hydrogen-bond donors (Lipinski definition) is 5. The van der Waals surface area contributed by atoms with Gasteiger partial charge in [-0.15, -0.1) is 0 Å². The molecule has 0 aliphatic carbocycles. The summed E-state index contributed by atoms with van der Waals surface area (Å²) < 4.78 is 27.0. The van der Waals surface area contributed by atoms with E-state index in [0.29, 0.717) is 19.0 Å². The fourth-order valence-electron chi connectivity index (χ4n) is 3.32. The first-order chi connectivity index (χ1) is 16.0. The first-order valence-corrected chi connectivity index (χ1v) is 11.0. The maximum Gasteiger partial charge on any atom is 0.268 e. The van der Waals surface area contributed by atoms with Crippen LogP contribution in [0.5, 0.6) is 0 Å². The highest BCUT2D eigenvalue weighted by molar-refractivity contribution is 6.00. The third-order valence-electron chi connectivity index (χ3n) is 4.86. The zero-order chi connectivity index (χ0) is 25.4. The minimum Gasteiger partial charge on any atom is -0.389 e. The maximum atomic E-state index is 13.7. The van der Waals surface area contributed by atoms with E-state index in [1.807, 2.05) is 0 Å². The van der Waals surface area contributed by atoms with Crippen LogP contribution in [0.1, 0.15) is 44.1 Å². The Hall–Kier alpha value is -3.34. The van der Waals surface area contributed by atoms with Crippen LogP contribution in [0.4, 0.5) is 8.78 Å². The van der Waals surface area contributed by atoms with Gasteiger partial charge in [-0.1, -0.05) is 20.8 Å². The lowest BCUT2D eigenvalue weighted by Gasteiger charge is -2.19. The molecule has 2 atom stereocenters. The first-order valence-electron chi connectivity index (χ1n) is 11.0. The summed E-state index contributed by atoms with van der Waals surface area (Å²) in [5, 5.41) is 16.6. The number of aromatic nitrogens is 1. The number of benzene rings is 1. The Bertz CT molecular complexity index is 1050. The van der Waals surface area contributed by atoms with Gasteiger partial charge in [0.2, 0.25) is 11.8 Å². The minimum atomic E-state index is -1.07. The summed E-state index contributed by atoms with van der Waals surface area (Å²) in [6, 6.07) is 1.91. The van der Waals surface area contributed by atoms with Gasteiger partial charge in [0.15, 0.2) is 5.78 Å². The maximum absolute atomic E-state index is 13.7. The van der Waals surface area contributed by atoms with E-state index >= 15 is 0 Å². The van der Waals surface area contributed by atoms with Crippen molar-refractivity contribution in [2.75, 3.05) is 19.7 Å². The average molecular weight is 481 g/mol. The number of Topliss-reactive ketones (excluding diaryl/α,β-unsaturated/α-hetero) is 1. The third-order valence-corrected chi connectivity index (χ3v) is 4.86. The van der Waals surface area contributed by atoms with Crippen molar-refractivity contribution in [2.45, 2.75) is 39.7 Å². The number of aliphatic hydroxyl groups excluding tert-OH is 1. The number of H-pyrrole nitrogens is 1. The molecule has 186 valence electrons. The van der Waals surface area contributed by atoms with E-state index in [4.69, 9.17) is 5.11 Å². The molecule has 2 aromatic rings. The van der Waals surface area contributed by atoms with E-state index in [1.165, 1.54) is 6.07 Å². The Morgan fingerprint density at radius 1 is 1.18 bits per heavy atom. The largest absolute Gasteiger partial charge is 0.389 e. The number of aliphatic hydroxyl groups is 1. The molecular formula is C23H30F2N4O5. The summed E-state index contributed by atoms with van der Waals surface area (Å²) in [4.78, 5) is 50.5. The fourth-order valence-corrected chi connectivity index (χ4v) is 3.32. The predicted octanol–water partition coefficient (Wildman–Crippen LogP) is 1.41. The number of amides is 3. The summed E-state index contributed by atoms with van der Waals surface area (Å²) in [5.74, 6) is -3.59. The van der Waals surface area contributed by atoms with E-state index in [2.05, 4.69) is 41.7 Å². The normalized spacial score (nSPS) is 16.0. The lowest BCUT2D eigenvalue weighted by molar-refractivity contribution is -0.130. The van der Waals surface area contributed by atoms with Crippen molar-refractivity contribution in [2.24, 2.45) is 11.8 Å². The molecule has 5 N–H and O–H groups in total. The molecule has 34 heavy (non-hydrogen) atoms. The van der Waals surface area contributed by atoms with Gasteiger partial charge in [0.05, 0.1) is 18.1 Å². The summed E-state index contributed by atoms with van der Waals surface area (Å²) in [6.45, 7) is 5.67. The van der Waals surface area contributed by atoms with E-state index in [9.17, 15) is 28.0 Å². The molecule has 11 heteroatoms. The van der Waals surface area contributed by atoms with Gasteiger partial charge in [0.25, 0.3) is 5.91 Å². The van der Waals surface area contributed by atoms with Crippen LogP contribution in [0.2, 0.25) is 0 Å². The van der Waals surface area contributed by atoms with Crippen molar-refractivity contribution < 1.29 is 33.1 Å². The molecule has 1 aromatic carbocycles. The lowest BCUT2D eigenvalue weighted by atomic mass is 9.96. The summed E-state index contributed by atoms with van der Waals surface area (Å²) in [7, 11) is 0. The van der Waals surface area contributed by atoms with Crippen LogP contribution in [0, 0.1) is 23.5 Å². The number of carbonyl (C=O) groups is 4. The van der Waals surface area contributed by atoms with Crippen LogP contribution in [-0.4, -0.2) is 59.3 Å².